The Morgan fingerprint density at radius 1 is 1.31 bits per heavy atom. The number of hydrogen-bond acceptors (Lipinski definition) is 3. The summed E-state index contributed by atoms with van der Waals surface area (Å²) in [5, 5.41) is 3.14. The average Bonchev–Trinajstić information content (AvgIpc) is 2.23. The highest BCUT2D eigenvalue weighted by atomic mass is 16.5. The molecule has 1 aliphatic heterocycles. The summed E-state index contributed by atoms with van der Waals surface area (Å²) < 4.78 is 5.66. The maximum absolute atomic E-state index is 11.6. The Balaban J connectivity index is 2.00. The Kier molecular flexibility index (Phi) is 3.10. The minimum atomic E-state index is 0.0110. The van der Waals surface area contributed by atoms with Crippen LogP contribution in [0, 0.1) is 0 Å². The summed E-state index contributed by atoms with van der Waals surface area (Å²) >= 11 is 0. The molecule has 1 saturated heterocycles. The first-order chi connectivity index (χ1) is 7.66. The van der Waals surface area contributed by atoms with E-state index in [0.717, 1.165) is 18.8 Å². The fourth-order valence-corrected chi connectivity index (χ4v) is 1.47. The second-order valence-electron chi connectivity index (χ2n) is 4.12. The van der Waals surface area contributed by atoms with Crippen molar-refractivity contribution in [1.29, 1.82) is 0 Å². The highest BCUT2D eigenvalue weighted by molar-refractivity contribution is 5.93. The van der Waals surface area contributed by atoms with Crippen molar-refractivity contribution >= 4 is 5.91 Å². The van der Waals surface area contributed by atoms with E-state index in [1.165, 1.54) is 0 Å². The van der Waals surface area contributed by atoms with E-state index < -0.39 is 0 Å². The monoisotopic (exact) mass is 220 g/mol. The molecule has 2 rings (SSSR count). The molecule has 1 aromatic carbocycles. The number of carbonyl (C=O) groups excluding carboxylic acids is 1. The molecule has 0 unspecified atom stereocenters. The predicted octanol–water partition coefficient (Wildman–Crippen LogP) is 0.739. The molecule has 4 heteroatoms. The summed E-state index contributed by atoms with van der Waals surface area (Å²) in [6.45, 7) is 1.80. The van der Waals surface area contributed by atoms with Crippen molar-refractivity contribution in [1.82, 2.24) is 10.2 Å². The number of nitrogens with one attached hydrogen (secondary N) is 1. The minimum absolute atomic E-state index is 0.0110. The molecule has 0 aliphatic carbocycles. The van der Waals surface area contributed by atoms with E-state index in [0.29, 0.717) is 5.56 Å². The van der Waals surface area contributed by atoms with Crippen LogP contribution in [0.15, 0.2) is 24.3 Å². The molecule has 1 N–H and O–H groups in total. The lowest BCUT2D eigenvalue weighted by atomic mass is 10.2. The predicted molar refractivity (Wildman–Crippen MR) is 61.7 cm³/mol. The van der Waals surface area contributed by atoms with Crippen LogP contribution in [-0.4, -0.2) is 44.1 Å². The van der Waals surface area contributed by atoms with Gasteiger partial charge < -0.3 is 15.0 Å². The molecule has 1 aliphatic rings. The van der Waals surface area contributed by atoms with Gasteiger partial charge in [0.05, 0.1) is 0 Å². The number of ether oxygens (including phenoxy) is 1. The average molecular weight is 220 g/mol. The van der Waals surface area contributed by atoms with Gasteiger partial charge in [0.25, 0.3) is 5.91 Å². The van der Waals surface area contributed by atoms with Gasteiger partial charge in [0.1, 0.15) is 11.9 Å². The highest BCUT2D eigenvalue weighted by Gasteiger charge is 2.18. The first-order valence-electron chi connectivity index (χ1n) is 5.36. The fourth-order valence-electron chi connectivity index (χ4n) is 1.47. The van der Waals surface area contributed by atoms with Gasteiger partial charge >= 0.3 is 0 Å². The summed E-state index contributed by atoms with van der Waals surface area (Å²) in [4.78, 5) is 13.2. The number of rotatable bonds is 3. The lowest BCUT2D eigenvalue weighted by molar-refractivity contribution is 0.0827. The molecule has 0 radical (unpaired) electrons. The first-order valence-corrected chi connectivity index (χ1v) is 5.36. The lowest BCUT2D eigenvalue weighted by Gasteiger charge is -2.27. The third-order valence-electron chi connectivity index (χ3n) is 2.55. The Hall–Kier alpha value is -1.55. The van der Waals surface area contributed by atoms with E-state index in [4.69, 9.17) is 4.74 Å². The Morgan fingerprint density at radius 2 is 1.94 bits per heavy atom. The summed E-state index contributed by atoms with van der Waals surface area (Å²) in [6.07, 6.45) is 0.274. The smallest absolute Gasteiger partial charge is 0.253 e. The minimum Gasteiger partial charge on any atom is -0.488 e. The quantitative estimate of drug-likeness (QED) is 0.817. The molecule has 1 heterocycles. The second kappa shape index (κ2) is 4.53. The first kappa shape index (κ1) is 11.0. The van der Waals surface area contributed by atoms with Crippen LogP contribution in [-0.2, 0) is 0 Å². The molecule has 0 spiro atoms. The van der Waals surface area contributed by atoms with Crippen LogP contribution >= 0.6 is 0 Å². The third kappa shape index (κ3) is 2.33. The van der Waals surface area contributed by atoms with Gasteiger partial charge in [-0.25, -0.2) is 0 Å². The summed E-state index contributed by atoms with van der Waals surface area (Å²) in [5.74, 6) is 0.832. The van der Waals surface area contributed by atoms with Crippen molar-refractivity contribution in [3.63, 3.8) is 0 Å². The second-order valence-corrected chi connectivity index (χ2v) is 4.12. The third-order valence-corrected chi connectivity index (χ3v) is 2.55. The number of carbonyl (C=O) groups is 1. The molecule has 0 saturated carbocycles. The van der Waals surface area contributed by atoms with Crippen LogP contribution in [0.5, 0.6) is 5.75 Å². The standard InChI is InChI=1S/C12H16N2O2/c1-14(2)12(15)9-3-5-10(6-4-9)16-11-7-13-8-11/h3-6,11,13H,7-8H2,1-2H3. The number of nitrogens with zero attached hydrogens (tertiary/aromatic N) is 1. The SMILES string of the molecule is CN(C)C(=O)c1ccc(OC2CNC2)cc1. The maximum atomic E-state index is 11.6. The van der Waals surface area contributed by atoms with Crippen molar-refractivity contribution in [3.05, 3.63) is 29.8 Å². The van der Waals surface area contributed by atoms with Crippen molar-refractivity contribution < 1.29 is 9.53 Å². The molecule has 1 fully saturated rings. The fraction of sp³-hybridized carbons (Fsp3) is 0.417. The molecule has 0 atom stereocenters. The van der Waals surface area contributed by atoms with Gasteiger partial charge in [0.15, 0.2) is 0 Å². The van der Waals surface area contributed by atoms with Crippen LogP contribution < -0.4 is 10.1 Å². The molecule has 4 nitrogen and oxygen atoms in total. The van der Waals surface area contributed by atoms with E-state index in [-0.39, 0.29) is 12.0 Å². The zero-order valence-corrected chi connectivity index (χ0v) is 9.56. The normalized spacial score (nSPS) is 15.4. The summed E-state index contributed by atoms with van der Waals surface area (Å²) in [5.41, 5.74) is 0.684. The number of benzene rings is 1. The van der Waals surface area contributed by atoms with E-state index >= 15 is 0 Å². The van der Waals surface area contributed by atoms with Gasteiger partial charge in [-0.15, -0.1) is 0 Å². The molecule has 1 amide bonds. The van der Waals surface area contributed by atoms with Crippen molar-refractivity contribution in [2.24, 2.45) is 0 Å². The highest BCUT2D eigenvalue weighted by Crippen LogP contribution is 2.15. The molecular weight excluding hydrogens is 204 g/mol. The molecule has 1 aromatic rings. The van der Waals surface area contributed by atoms with Crippen molar-refractivity contribution in [3.8, 4) is 5.75 Å². The molecular formula is C12H16N2O2. The van der Waals surface area contributed by atoms with Crippen LogP contribution in [0.4, 0.5) is 0 Å². The van der Waals surface area contributed by atoms with E-state index in [9.17, 15) is 4.79 Å². The van der Waals surface area contributed by atoms with Gasteiger partial charge in [0.2, 0.25) is 0 Å². The van der Waals surface area contributed by atoms with Gasteiger partial charge in [-0.3, -0.25) is 4.79 Å². The van der Waals surface area contributed by atoms with E-state index in [2.05, 4.69) is 5.32 Å². The van der Waals surface area contributed by atoms with Crippen LogP contribution in [0.2, 0.25) is 0 Å². The Morgan fingerprint density at radius 3 is 2.38 bits per heavy atom. The zero-order valence-electron chi connectivity index (χ0n) is 9.56. The molecule has 86 valence electrons. The van der Waals surface area contributed by atoms with Crippen molar-refractivity contribution in [2.45, 2.75) is 6.10 Å². The van der Waals surface area contributed by atoms with Gasteiger partial charge in [0, 0.05) is 32.7 Å². The molecule has 0 aromatic heterocycles. The van der Waals surface area contributed by atoms with Crippen molar-refractivity contribution in [2.75, 3.05) is 27.2 Å². The Labute approximate surface area is 95.2 Å². The Bertz CT molecular complexity index is 369. The van der Waals surface area contributed by atoms with Gasteiger partial charge in [-0.05, 0) is 24.3 Å². The van der Waals surface area contributed by atoms with Gasteiger partial charge in [-0.1, -0.05) is 0 Å². The largest absolute Gasteiger partial charge is 0.488 e. The number of amides is 1. The molecule has 16 heavy (non-hydrogen) atoms. The summed E-state index contributed by atoms with van der Waals surface area (Å²) in [7, 11) is 3.49. The number of hydrogen-bond donors (Lipinski definition) is 1. The van der Waals surface area contributed by atoms with E-state index in [1.807, 2.05) is 12.1 Å². The summed E-state index contributed by atoms with van der Waals surface area (Å²) in [6, 6.07) is 7.28. The maximum Gasteiger partial charge on any atom is 0.253 e. The molecule has 0 bridgehead atoms. The lowest BCUT2D eigenvalue weighted by Crippen LogP contribution is -2.50. The van der Waals surface area contributed by atoms with Crippen LogP contribution in [0.1, 0.15) is 10.4 Å². The zero-order chi connectivity index (χ0) is 11.5. The van der Waals surface area contributed by atoms with Crippen LogP contribution in [0.25, 0.3) is 0 Å². The van der Waals surface area contributed by atoms with Gasteiger partial charge in [-0.2, -0.15) is 0 Å². The topological polar surface area (TPSA) is 41.6 Å². The van der Waals surface area contributed by atoms with E-state index in [1.54, 1.807) is 31.1 Å². The van der Waals surface area contributed by atoms with Crippen LogP contribution in [0.3, 0.4) is 0 Å².